The van der Waals surface area contributed by atoms with Crippen LogP contribution in [0.25, 0.3) is 0 Å². The summed E-state index contributed by atoms with van der Waals surface area (Å²) < 4.78 is 0. The van der Waals surface area contributed by atoms with Gasteiger partial charge in [0.1, 0.15) is 0 Å². The Labute approximate surface area is 148 Å². The maximum Gasteiger partial charge on any atom is 0.251 e. The van der Waals surface area contributed by atoms with E-state index in [1.165, 1.54) is 0 Å². The largest absolute Gasteiger partial charge is 0.376 e. The number of amides is 2. The first kappa shape index (κ1) is 18.5. The molecule has 0 radical (unpaired) electrons. The molecule has 0 aliphatic heterocycles. The summed E-state index contributed by atoms with van der Waals surface area (Å²) in [5, 5.41) is 8.82. The first-order valence-electron chi connectivity index (χ1n) is 8.49. The van der Waals surface area contributed by atoms with Crippen LogP contribution in [0.15, 0.2) is 48.5 Å². The molecular weight excluding hydrogens is 314 g/mol. The Balaban J connectivity index is 1.91. The lowest BCUT2D eigenvalue weighted by Crippen LogP contribution is -2.31. The minimum Gasteiger partial charge on any atom is -0.376 e. The highest BCUT2D eigenvalue weighted by atomic mass is 16.2. The number of hydrogen-bond donors (Lipinski definition) is 3. The van der Waals surface area contributed by atoms with E-state index in [4.69, 9.17) is 0 Å². The van der Waals surface area contributed by atoms with Crippen molar-refractivity contribution in [2.45, 2.75) is 33.2 Å². The summed E-state index contributed by atoms with van der Waals surface area (Å²) in [6, 6.07) is 14.9. The van der Waals surface area contributed by atoms with Crippen molar-refractivity contribution < 1.29 is 9.59 Å². The van der Waals surface area contributed by atoms with Crippen LogP contribution in [-0.2, 0) is 4.79 Å². The molecule has 0 aliphatic carbocycles. The van der Waals surface area contributed by atoms with E-state index in [0.29, 0.717) is 5.56 Å². The van der Waals surface area contributed by atoms with Gasteiger partial charge in [0.05, 0.1) is 6.54 Å². The van der Waals surface area contributed by atoms with E-state index < -0.39 is 0 Å². The molecule has 0 heterocycles. The number of carbonyl (C=O) groups is 2. The van der Waals surface area contributed by atoms with E-state index in [-0.39, 0.29) is 24.4 Å². The lowest BCUT2D eigenvalue weighted by atomic mass is 10.1. The molecule has 0 saturated heterocycles. The summed E-state index contributed by atoms with van der Waals surface area (Å²) in [5.41, 5.74) is 3.17. The summed E-state index contributed by atoms with van der Waals surface area (Å²) in [6.45, 7) is 6.10. The topological polar surface area (TPSA) is 70.2 Å². The third-order valence-corrected chi connectivity index (χ3v) is 3.87. The predicted molar refractivity (Wildman–Crippen MR) is 102 cm³/mol. The highest BCUT2D eigenvalue weighted by Crippen LogP contribution is 2.12. The Hall–Kier alpha value is -2.82. The van der Waals surface area contributed by atoms with Crippen LogP contribution < -0.4 is 16.0 Å². The van der Waals surface area contributed by atoms with Crippen LogP contribution in [0.1, 0.15) is 36.2 Å². The minimum atomic E-state index is -0.139. The van der Waals surface area contributed by atoms with Gasteiger partial charge < -0.3 is 16.0 Å². The van der Waals surface area contributed by atoms with E-state index in [1.54, 1.807) is 18.2 Å². The normalized spacial score (nSPS) is 11.5. The zero-order valence-corrected chi connectivity index (χ0v) is 14.9. The van der Waals surface area contributed by atoms with Gasteiger partial charge in [-0.05, 0) is 56.2 Å². The van der Waals surface area contributed by atoms with E-state index >= 15 is 0 Å². The summed E-state index contributed by atoms with van der Waals surface area (Å²) >= 11 is 0. The van der Waals surface area contributed by atoms with Gasteiger partial charge >= 0.3 is 0 Å². The molecule has 25 heavy (non-hydrogen) atoms. The second-order valence-electron chi connectivity index (χ2n) is 6.13. The van der Waals surface area contributed by atoms with Gasteiger partial charge in [0.2, 0.25) is 5.91 Å². The molecule has 2 aromatic rings. The standard InChI is InChI=1S/C20H25N3O2/c1-4-15(3)22-20(25)16-8-6-9-17(12-16)21-13-19(24)23-18-10-5-7-14(2)11-18/h5-12,15,21H,4,13H2,1-3H3,(H,22,25)(H,23,24). The van der Waals surface area contributed by atoms with Crippen molar-refractivity contribution in [2.75, 3.05) is 17.2 Å². The molecule has 5 nitrogen and oxygen atoms in total. The van der Waals surface area contributed by atoms with Crippen LogP contribution >= 0.6 is 0 Å². The molecule has 2 rings (SSSR count). The molecule has 1 unspecified atom stereocenters. The molecule has 2 amide bonds. The van der Waals surface area contributed by atoms with Crippen LogP contribution in [-0.4, -0.2) is 24.4 Å². The summed E-state index contributed by atoms with van der Waals surface area (Å²) in [6.07, 6.45) is 0.878. The molecule has 5 heteroatoms. The predicted octanol–water partition coefficient (Wildman–Crippen LogP) is 3.57. The van der Waals surface area contributed by atoms with Gasteiger partial charge in [-0.1, -0.05) is 25.1 Å². The average Bonchev–Trinajstić information content (AvgIpc) is 2.60. The second-order valence-corrected chi connectivity index (χ2v) is 6.13. The zero-order valence-electron chi connectivity index (χ0n) is 14.9. The van der Waals surface area contributed by atoms with Gasteiger partial charge in [-0.3, -0.25) is 9.59 Å². The van der Waals surface area contributed by atoms with Crippen LogP contribution in [0, 0.1) is 6.92 Å². The third-order valence-electron chi connectivity index (χ3n) is 3.87. The number of aryl methyl sites for hydroxylation is 1. The van der Waals surface area contributed by atoms with E-state index in [2.05, 4.69) is 16.0 Å². The molecule has 0 bridgehead atoms. The van der Waals surface area contributed by atoms with Crippen molar-refractivity contribution in [3.8, 4) is 0 Å². The molecule has 0 fully saturated rings. The smallest absolute Gasteiger partial charge is 0.251 e. The molecule has 2 aromatic carbocycles. The van der Waals surface area contributed by atoms with Crippen LogP contribution in [0.3, 0.4) is 0 Å². The maximum absolute atomic E-state index is 12.2. The second kappa shape index (κ2) is 8.87. The van der Waals surface area contributed by atoms with Crippen LogP contribution in [0.2, 0.25) is 0 Å². The zero-order chi connectivity index (χ0) is 18.2. The van der Waals surface area contributed by atoms with E-state index in [1.807, 2.05) is 51.1 Å². The summed E-state index contributed by atoms with van der Waals surface area (Å²) in [7, 11) is 0. The Morgan fingerprint density at radius 2 is 1.76 bits per heavy atom. The monoisotopic (exact) mass is 339 g/mol. The Morgan fingerprint density at radius 3 is 2.48 bits per heavy atom. The fourth-order valence-corrected chi connectivity index (χ4v) is 2.29. The van der Waals surface area contributed by atoms with Crippen LogP contribution in [0.4, 0.5) is 11.4 Å². The Morgan fingerprint density at radius 1 is 1.04 bits per heavy atom. The van der Waals surface area contributed by atoms with E-state index in [9.17, 15) is 9.59 Å². The molecule has 0 aliphatic rings. The third kappa shape index (κ3) is 5.95. The molecule has 1 atom stereocenters. The van der Waals surface area contributed by atoms with Gasteiger partial charge in [0.25, 0.3) is 5.91 Å². The fourth-order valence-electron chi connectivity index (χ4n) is 2.29. The SMILES string of the molecule is CCC(C)NC(=O)c1cccc(NCC(=O)Nc2cccc(C)c2)c1. The lowest BCUT2D eigenvalue weighted by Gasteiger charge is -2.12. The summed E-state index contributed by atoms with van der Waals surface area (Å²) in [5.74, 6) is -0.248. The first-order valence-corrected chi connectivity index (χ1v) is 8.49. The van der Waals surface area contributed by atoms with Gasteiger partial charge in [-0.2, -0.15) is 0 Å². The molecule has 132 valence electrons. The van der Waals surface area contributed by atoms with Crippen molar-refractivity contribution in [2.24, 2.45) is 0 Å². The molecule has 0 spiro atoms. The minimum absolute atomic E-state index is 0.109. The summed E-state index contributed by atoms with van der Waals surface area (Å²) in [4.78, 5) is 24.2. The van der Waals surface area contributed by atoms with Gasteiger partial charge in [0, 0.05) is 23.0 Å². The van der Waals surface area contributed by atoms with Crippen molar-refractivity contribution in [1.82, 2.24) is 5.32 Å². The van der Waals surface area contributed by atoms with Gasteiger partial charge in [-0.25, -0.2) is 0 Å². The highest BCUT2D eigenvalue weighted by Gasteiger charge is 2.09. The maximum atomic E-state index is 12.2. The van der Waals surface area contributed by atoms with Gasteiger partial charge in [0.15, 0.2) is 0 Å². The number of nitrogens with one attached hydrogen (secondary N) is 3. The molecule has 3 N–H and O–H groups in total. The Kier molecular flexibility index (Phi) is 6.57. The number of hydrogen-bond acceptors (Lipinski definition) is 3. The molecule has 0 saturated carbocycles. The number of benzene rings is 2. The van der Waals surface area contributed by atoms with Crippen molar-refractivity contribution in [1.29, 1.82) is 0 Å². The highest BCUT2D eigenvalue weighted by molar-refractivity contribution is 5.96. The van der Waals surface area contributed by atoms with Crippen molar-refractivity contribution >= 4 is 23.2 Å². The van der Waals surface area contributed by atoms with Crippen molar-refractivity contribution in [3.05, 3.63) is 59.7 Å². The Bertz CT molecular complexity index is 743. The molecular formula is C20H25N3O2. The number of anilines is 2. The van der Waals surface area contributed by atoms with Crippen LogP contribution in [0.5, 0.6) is 0 Å². The van der Waals surface area contributed by atoms with E-state index in [0.717, 1.165) is 23.4 Å². The number of carbonyl (C=O) groups excluding carboxylic acids is 2. The molecule has 0 aromatic heterocycles. The first-order chi connectivity index (χ1) is 12.0. The van der Waals surface area contributed by atoms with Crippen molar-refractivity contribution in [3.63, 3.8) is 0 Å². The lowest BCUT2D eigenvalue weighted by molar-refractivity contribution is -0.114. The fraction of sp³-hybridized carbons (Fsp3) is 0.300. The number of rotatable bonds is 7. The average molecular weight is 339 g/mol. The van der Waals surface area contributed by atoms with Gasteiger partial charge in [-0.15, -0.1) is 0 Å². The quantitative estimate of drug-likeness (QED) is 0.722.